The largest absolute Gasteiger partial charge is 0.393 e. The van der Waals surface area contributed by atoms with Crippen LogP contribution in [0.15, 0.2) is 0 Å². The summed E-state index contributed by atoms with van der Waals surface area (Å²) in [6, 6.07) is 0. The minimum atomic E-state index is -0.123. The highest BCUT2D eigenvalue weighted by Gasteiger charge is 2.36. The van der Waals surface area contributed by atoms with Gasteiger partial charge in [0.1, 0.15) is 0 Å². The van der Waals surface area contributed by atoms with Gasteiger partial charge in [-0.1, -0.05) is 0 Å². The Kier molecular flexibility index (Phi) is 1.08. The zero-order chi connectivity index (χ0) is 5.44. The molecule has 7 heavy (non-hydrogen) atoms. The third-order valence-corrected chi connectivity index (χ3v) is 1.60. The number of hydrogen-bond acceptors (Lipinski definition) is 1. The molecule has 3 unspecified atom stereocenters. The minimum absolute atomic E-state index is 0.123. The van der Waals surface area contributed by atoms with E-state index in [2.05, 4.69) is 6.92 Å². The van der Waals surface area contributed by atoms with Crippen molar-refractivity contribution in [1.29, 1.82) is 0 Å². The van der Waals surface area contributed by atoms with Gasteiger partial charge in [0.2, 0.25) is 0 Å². The van der Waals surface area contributed by atoms with E-state index < -0.39 is 0 Å². The normalized spacial score (nSPS) is 43.3. The average Bonchev–Trinajstić information content (AvgIpc) is 2.17. The molecule has 0 amide bonds. The van der Waals surface area contributed by atoms with Crippen LogP contribution in [0, 0.1) is 18.8 Å². The zero-order valence-electron chi connectivity index (χ0n) is 4.59. The highest BCUT2D eigenvalue weighted by molar-refractivity contribution is 4.90. The molecule has 0 bridgehead atoms. The minimum Gasteiger partial charge on any atom is -0.393 e. The summed E-state index contributed by atoms with van der Waals surface area (Å²) in [7, 11) is 0. The fourth-order valence-electron chi connectivity index (χ4n) is 0.862. The van der Waals surface area contributed by atoms with E-state index >= 15 is 0 Å². The van der Waals surface area contributed by atoms with Crippen LogP contribution in [0.4, 0.5) is 0 Å². The molecule has 1 radical (unpaired) electrons. The fraction of sp³-hybridized carbons (Fsp3) is 0.833. The van der Waals surface area contributed by atoms with Crippen molar-refractivity contribution in [3.63, 3.8) is 0 Å². The molecule has 3 atom stereocenters. The van der Waals surface area contributed by atoms with Crippen molar-refractivity contribution in [3.8, 4) is 0 Å². The van der Waals surface area contributed by atoms with Crippen LogP contribution in [0.25, 0.3) is 0 Å². The van der Waals surface area contributed by atoms with Crippen molar-refractivity contribution >= 4 is 0 Å². The molecule has 0 aromatic heterocycles. The zero-order valence-corrected chi connectivity index (χ0v) is 4.59. The van der Waals surface area contributed by atoms with Gasteiger partial charge in [-0.3, -0.25) is 0 Å². The number of rotatable bonds is 1. The Labute approximate surface area is 44.4 Å². The van der Waals surface area contributed by atoms with E-state index in [0.29, 0.717) is 11.8 Å². The van der Waals surface area contributed by atoms with Gasteiger partial charge < -0.3 is 5.11 Å². The quantitative estimate of drug-likeness (QED) is 0.516. The van der Waals surface area contributed by atoms with Crippen LogP contribution in [0.3, 0.4) is 0 Å². The van der Waals surface area contributed by atoms with E-state index in [1.807, 2.05) is 6.92 Å². The molecule has 0 saturated heterocycles. The summed E-state index contributed by atoms with van der Waals surface area (Å²) in [5.74, 6) is 1.06. The Morgan fingerprint density at radius 2 is 2.29 bits per heavy atom. The van der Waals surface area contributed by atoms with Crippen LogP contribution < -0.4 is 0 Å². The molecule has 41 valence electrons. The second-order valence-corrected chi connectivity index (χ2v) is 2.40. The van der Waals surface area contributed by atoms with Gasteiger partial charge in [0.15, 0.2) is 0 Å². The molecule has 1 saturated carbocycles. The van der Waals surface area contributed by atoms with Gasteiger partial charge in [0.25, 0.3) is 0 Å². The summed E-state index contributed by atoms with van der Waals surface area (Å²) in [5.41, 5.74) is 0. The van der Waals surface area contributed by atoms with Crippen LogP contribution in [0.1, 0.15) is 13.3 Å². The Morgan fingerprint density at radius 1 is 1.86 bits per heavy atom. The van der Waals surface area contributed by atoms with Gasteiger partial charge in [0.05, 0.1) is 6.10 Å². The Bertz CT molecular complexity index is 68.6. The predicted octanol–water partition coefficient (Wildman–Crippen LogP) is 0.837. The van der Waals surface area contributed by atoms with Crippen molar-refractivity contribution in [1.82, 2.24) is 0 Å². The lowest BCUT2D eigenvalue weighted by atomic mass is 10.2. The third-order valence-electron chi connectivity index (χ3n) is 1.60. The SMILES string of the molecule is [CH2]C1CC1C(C)O. The van der Waals surface area contributed by atoms with Crippen LogP contribution in [-0.4, -0.2) is 11.2 Å². The lowest BCUT2D eigenvalue weighted by Gasteiger charge is -1.96. The van der Waals surface area contributed by atoms with E-state index in [9.17, 15) is 0 Å². The van der Waals surface area contributed by atoms with E-state index in [1.165, 1.54) is 0 Å². The Morgan fingerprint density at radius 3 is 2.29 bits per heavy atom. The molecular formula is C6H11O. The molecule has 1 aliphatic rings. The van der Waals surface area contributed by atoms with Crippen molar-refractivity contribution in [2.75, 3.05) is 0 Å². The molecule has 0 aromatic rings. The van der Waals surface area contributed by atoms with Crippen LogP contribution in [-0.2, 0) is 0 Å². The summed E-state index contributed by atoms with van der Waals surface area (Å²) in [5, 5.41) is 8.82. The van der Waals surface area contributed by atoms with Gasteiger partial charge >= 0.3 is 0 Å². The van der Waals surface area contributed by atoms with Gasteiger partial charge in [-0.05, 0) is 32.1 Å². The number of hydrogen-bond donors (Lipinski definition) is 1. The third kappa shape index (κ3) is 0.942. The van der Waals surface area contributed by atoms with Gasteiger partial charge in [-0.2, -0.15) is 0 Å². The van der Waals surface area contributed by atoms with E-state index in [1.54, 1.807) is 0 Å². The molecule has 1 fully saturated rings. The van der Waals surface area contributed by atoms with Crippen molar-refractivity contribution in [2.24, 2.45) is 11.8 Å². The molecule has 0 aromatic carbocycles. The number of aliphatic hydroxyl groups is 1. The molecule has 1 aliphatic carbocycles. The summed E-state index contributed by atoms with van der Waals surface area (Å²) in [6.07, 6.45) is 1.000. The van der Waals surface area contributed by atoms with E-state index in [4.69, 9.17) is 5.11 Å². The molecule has 1 heteroatoms. The maximum Gasteiger partial charge on any atom is 0.0543 e. The van der Waals surface area contributed by atoms with Crippen molar-refractivity contribution in [2.45, 2.75) is 19.4 Å². The van der Waals surface area contributed by atoms with Gasteiger partial charge in [-0.15, -0.1) is 0 Å². The summed E-state index contributed by atoms with van der Waals surface area (Å²) >= 11 is 0. The first kappa shape index (κ1) is 5.10. The highest BCUT2D eigenvalue weighted by atomic mass is 16.3. The molecule has 1 N–H and O–H groups in total. The standard InChI is InChI=1S/C6H11O/c1-4-3-6(4)5(2)7/h4-7H,1,3H2,2H3. The average molecular weight is 99.2 g/mol. The Balaban J connectivity index is 2.20. The molecule has 0 heterocycles. The lowest BCUT2D eigenvalue weighted by molar-refractivity contribution is 0.167. The summed E-state index contributed by atoms with van der Waals surface area (Å²) < 4.78 is 0. The number of aliphatic hydroxyl groups excluding tert-OH is 1. The van der Waals surface area contributed by atoms with E-state index in [-0.39, 0.29) is 6.10 Å². The van der Waals surface area contributed by atoms with Crippen molar-refractivity contribution in [3.05, 3.63) is 6.92 Å². The van der Waals surface area contributed by atoms with Crippen molar-refractivity contribution < 1.29 is 5.11 Å². The van der Waals surface area contributed by atoms with Crippen LogP contribution in [0.2, 0.25) is 0 Å². The summed E-state index contributed by atoms with van der Waals surface area (Å²) in [6.45, 7) is 5.62. The maximum atomic E-state index is 8.82. The monoisotopic (exact) mass is 99.1 g/mol. The molecule has 1 rings (SSSR count). The first-order valence-corrected chi connectivity index (χ1v) is 2.73. The second-order valence-electron chi connectivity index (χ2n) is 2.40. The maximum absolute atomic E-state index is 8.82. The first-order valence-electron chi connectivity index (χ1n) is 2.73. The Hall–Kier alpha value is -0.0400. The molecule has 0 spiro atoms. The predicted molar refractivity (Wildman–Crippen MR) is 28.6 cm³/mol. The first-order chi connectivity index (χ1) is 3.22. The smallest absolute Gasteiger partial charge is 0.0543 e. The second kappa shape index (κ2) is 1.48. The molecular weight excluding hydrogens is 88.1 g/mol. The highest BCUT2D eigenvalue weighted by Crippen LogP contribution is 2.39. The van der Waals surface area contributed by atoms with Crippen LogP contribution in [0.5, 0.6) is 0 Å². The summed E-state index contributed by atoms with van der Waals surface area (Å²) in [4.78, 5) is 0. The van der Waals surface area contributed by atoms with Crippen LogP contribution >= 0.6 is 0 Å². The fourth-order valence-corrected chi connectivity index (χ4v) is 0.862. The molecule has 0 aliphatic heterocycles. The lowest BCUT2D eigenvalue weighted by Crippen LogP contribution is -2.02. The van der Waals surface area contributed by atoms with Gasteiger partial charge in [-0.25, -0.2) is 0 Å². The molecule has 1 nitrogen and oxygen atoms in total. The van der Waals surface area contributed by atoms with Gasteiger partial charge in [0, 0.05) is 0 Å². The topological polar surface area (TPSA) is 20.2 Å². The van der Waals surface area contributed by atoms with E-state index in [0.717, 1.165) is 6.42 Å².